The normalized spacial score (nSPS) is 34.3. The molecule has 1 atom stereocenters. The van der Waals surface area contributed by atoms with Gasteiger partial charge in [-0.3, -0.25) is 5.32 Å². The van der Waals surface area contributed by atoms with Crippen molar-refractivity contribution >= 4 is 24.8 Å². The van der Waals surface area contributed by atoms with Crippen molar-refractivity contribution in [2.45, 2.75) is 13.1 Å². The minimum atomic E-state index is 0.424. The summed E-state index contributed by atoms with van der Waals surface area (Å²) in [5.74, 6) is 0.991. The van der Waals surface area contributed by atoms with Crippen molar-refractivity contribution in [2.75, 3.05) is 5.88 Å². The first-order chi connectivity index (χ1) is 3.30. The monoisotopic (exact) mass is 136 g/mol. The highest BCUT2D eigenvalue weighted by atomic mass is 32.2. The zero-order valence-corrected chi connectivity index (χ0v) is 5.80. The van der Waals surface area contributed by atoms with Crippen LogP contribution in [0.25, 0.3) is 0 Å². The Kier molecular flexibility index (Phi) is 1.86. The van der Waals surface area contributed by atoms with Crippen LogP contribution in [0.1, 0.15) is 6.92 Å². The maximum absolute atomic E-state index is 4.12. The summed E-state index contributed by atoms with van der Waals surface area (Å²) in [6.07, 6.45) is 0.424. The standard InChI is InChI=1S/C3H8N2S2/c1-3-4-2-7-5(3)6/h3-4,6H,2H2,1H3. The summed E-state index contributed by atoms with van der Waals surface area (Å²) in [4.78, 5) is 0. The molecule has 2 nitrogen and oxygen atoms in total. The van der Waals surface area contributed by atoms with E-state index in [1.807, 2.05) is 3.71 Å². The van der Waals surface area contributed by atoms with Gasteiger partial charge in [-0.1, -0.05) is 24.8 Å². The Labute approximate surface area is 53.3 Å². The summed E-state index contributed by atoms with van der Waals surface area (Å²) >= 11 is 5.81. The molecule has 0 aliphatic carbocycles. The van der Waals surface area contributed by atoms with Gasteiger partial charge in [0.25, 0.3) is 0 Å². The fourth-order valence-corrected chi connectivity index (χ4v) is 1.41. The van der Waals surface area contributed by atoms with E-state index in [4.69, 9.17) is 0 Å². The van der Waals surface area contributed by atoms with Crippen LogP contribution in [0.4, 0.5) is 0 Å². The second kappa shape index (κ2) is 2.26. The minimum Gasteiger partial charge on any atom is -0.290 e. The third-order valence-corrected chi connectivity index (χ3v) is 2.48. The van der Waals surface area contributed by atoms with E-state index in [1.54, 1.807) is 11.9 Å². The van der Waals surface area contributed by atoms with Crippen molar-refractivity contribution in [3.8, 4) is 0 Å². The highest BCUT2D eigenvalue weighted by molar-refractivity contribution is 8.05. The molecule has 1 aliphatic heterocycles. The van der Waals surface area contributed by atoms with Gasteiger partial charge in [0.2, 0.25) is 0 Å². The minimum absolute atomic E-state index is 0.424. The van der Waals surface area contributed by atoms with Gasteiger partial charge >= 0.3 is 0 Å². The number of thiol groups is 1. The fourth-order valence-electron chi connectivity index (χ4n) is 0.414. The van der Waals surface area contributed by atoms with Crippen molar-refractivity contribution < 1.29 is 0 Å². The molecule has 1 aliphatic rings. The van der Waals surface area contributed by atoms with Gasteiger partial charge in [-0.15, -0.1) is 0 Å². The van der Waals surface area contributed by atoms with Gasteiger partial charge in [0.05, 0.1) is 12.0 Å². The zero-order chi connectivity index (χ0) is 5.28. The smallest absolute Gasteiger partial charge is 0.0781 e. The van der Waals surface area contributed by atoms with E-state index in [9.17, 15) is 0 Å². The Morgan fingerprint density at radius 3 is 2.86 bits per heavy atom. The van der Waals surface area contributed by atoms with Crippen LogP contribution in [-0.2, 0) is 0 Å². The van der Waals surface area contributed by atoms with Crippen molar-refractivity contribution in [1.29, 1.82) is 0 Å². The highest BCUT2D eigenvalue weighted by Crippen LogP contribution is 2.19. The van der Waals surface area contributed by atoms with E-state index in [0.717, 1.165) is 5.88 Å². The molecule has 0 aromatic carbocycles. The third kappa shape index (κ3) is 1.25. The van der Waals surface area contributed by atoms with Crippen LogP contribution >= 0.6 is 24.8 Å². The molecule has 0 amide bonds. The topological polar surface area (TPSA) is 15.3 Å². The van der Waals surface area contributed by atoms with Crippen LogP contribution in [0.2, 0.25) is 0 Å². The maximum Gasteiger partial charge on any atom is 0.0781 e. The first-order valence-corrected chi connectivity index (χ1v) is 3.49. The number of nitrogens with one attached hydrogen (secondary N) is 1. The molecule has 1 fully saturated rings. The van der Waals surface area contributed by atoms with Gasteiger partial charge in [-0.05, 0) is 6.92 Å². The first-order valence-electron chi connectivity index (χ1n) is 2.15. The van der Waals surface area contributed by atoms with E-state index in [-0.39, 0.29) is 0 Å². The zero-order valence-electron chi connectivity index (χ0n) is 4.09. The van der Waals surface area contributed by atoms with E-state index in [0.29, 0.717) is 6.17 Å². The molecule has 7 heavy (non-hydrogen) atoms. The predicted octanol–water partition coefficient (Wildman–Crippen LogP) is 0.688. The first kappa shape index (κ1) is 5.75. The van der Waals surface area contributed by atoms with Gasteiger partial charge in [0, 0.05) is 0 Å². The molecule has 0 spiro atoms. The lowest BCUT2D eigenvalue weighted by atomic mass is 10.6. The van der Waals surface area contributed by atoms with Crippen LogP contribution in [-0.4, -0.2) is 15.8 Å². The second-order valence-corrected chi connectivity index (χ2v) is 3.10. The van der Waals surface area contributed by atoms with Crippen molar-refractivity contribution in [3.05, 3.63) is 0 Å². The SMILES string of the molecule is CC1NCSN1S. The van der Waals surface area contributed by atoms with E-state index >= 15 is 0 Å². The second-order valence-electron chi connectivity index (χ2n) is 1.46. The average molecular weight is 136 g/mol. The summed E-state index contributed by atoms with van der Waals surface area (Å²) in [6, 6.07) is 0. The Balaban J connectivity index is 2.33. The van der Waals surface area contributed by atoms with Crippen LogP contribution in [0.3, 0.4) is 0 Å². The Hall–Kier alpha value is 0.620. The molecule has 1 unspecified atom stereocenters. The molecular weight excluding hydrogens is 128 g/mol. The van der Waals surface area contributed by atoms with Crippen molar-refractivity contribution in [1.82, 2.24) is 9.03 Å². The molecule has 4 heteroatoms. The Bertz CT molecular complexity index is 60.0. The molecule has 1 heterocycles. The Morgan fingerprint density at radius 2 is 2.71 bits per heavy atom. The number of rotatable bonds is 0. The summed E-state index contributed by atoms with van der Waals surface area (Å²) in [5.41, 5.74) is 0. The van der Waals surface area contributed by atoms with Crippen LogP contribution < -0.4 is 5.32 Å². The number of hydrogen-bond acceptors (Lipinski definition) is 4. The van der Waals surface area contributed by atoms with Crippen LogP contribution in [0.15, 0.2) is 0 Å². The summed E-state index contributed by atoms with van der Waals surface area (Å²) in [7, 11) is 0. The van der Waals surface area contributed by atoms with E-state index in [2.05, 4.69) is 25.1 Å². The quantitative estimate of drug-likeness (QED) is 0.376. The molecule has 1 N–H and O–H groups in total. The molecule has 0 aromatic rings. The molecule has 1 saturated heterocycles. The van der Waals surface area contributed by atoms with Gasteiger partial charge in [0.15, 0.2) is 0 Å². The lowest BCUT2D eigenvalue weighted by Crippen LogP contribution is -2.24. The maximum atomic E-state index is 4.12. The van der Waals surface area contributed by atoms with Gasteiger partial charge in [-0.25, -0.2) is 0 Å². The van der Waals surface area contributed by atoms with Crippen molar-refractivity contribution in [2.24, 2.45) is 0 Å². The van der Waals surface area contributed by atoms with Gasteiger partial charge < -0.3 is 0 Å². The van der Waals surface area contributed by atoms with E-state index in [1.165, 1.54) is 0 Å². The molecule has 0 bridgehead atoms. The third-order valence-electron chi connectivity index (χ3n) is 0.907. The van der Waals surface area contributed by atoms with Gasteiger partial charge in [0.1, 0.15) is 0 Å². The number of hydrogen-bond donors (Lipinski definition) is 2. The molecular formula is C3H8N2S2. The lowest BCUT2D eigenvalue weighted by Gasteiger charge is -2.08. The average Bonchev–Trinajstić information content (AvgIpc) is 1.91. The fraction of sp³-hybridized carbons (Fsp3) is 1.00. The van der Waals surface area contributed by atoms with Crippen molar-refractivity contribution in [3.63, 3.8) is 0 Å². The highest BCUT2D eigenvalue weighted by Gasteiger charge is 2.15. The predicted molar refractivity (Wildman–Crippen MR) is 35.9 cm³/mol. The number of nitrogens with zero attached hydrogens (tertiary/aromatic N) is 1. The van der Waals surface area contributed by atoms with Gasteiger partial charge in [-0.2, -0.15) is 3.71 Å². The largest absolute Gasteiger partial charge is 0.290 e. The molecule has 0 aromatic heterocycles. The molecule has 42 valence electrons. The summed E-state index contributed by atoms with van der Waals surface area (Å²) in [6.45, 7) is 2.08. The Morgan fingerprint density at radius 1 is 2.00 bits per heavy atom. The molecule has 1 rings (SSSR count). The summed E-state index contributed by atoms with van der Waals surface area (Å²) < 4.78 is 1.90. The molecule has 0 saturated carbocycles. The van der Waals surface area contributed by atoms with Crippen LogP contribution in [0.5, 0.6) is 0 Å². The summed E-state index contributed by atoms with van der Waals surface area (Å²) in [5, 5.41) is 3.18. The van der Waals surface area contributed by atoms with Crippen LogP contribution in [0, 0.1) is 0 Å². The van der Waals surface area contributed by atoms with E-state index < -0.39 is 0 Å². The lowest BCUT2D eigenvalue weighted by molar-refractivity contribution is 0.516. The molecule has 0 radical (unpaired) electrons.